The van der Waals surface area contributed by atoms with Crippen molar-refractivity contribution < 1.29 is 14.1 Å². The van der Waals surface area contributed by atoms with Crippen molar-refractivity contribution in [1.82, 2.24) is 20.8 Å². The molecule has 7 nitrogen and oxygen atoms in total. The molecule has 1 aliphatic heterocycles. The Bertz CT molecular complexity index is 701. The normalized spacial score (nSPS) is 18.0. The lowest BCUT2D eigenvalue weighted by molar-refractivity contribution is -0.123. The summed E-state index contributed by atoms with van der Waals surface area (Å²) >= 11 is 0. The van der Waals surface area contributed by atoms with Gasteiger partial charge in [0.25, 0.3) is 0 Å². The summed E-state index contributed by atoms with van der Waals surface area (Å²) in [6, 6.07) is 7.91. The predicted octanol–water partition coefficient (Wildman–Crippen LogP) is 1.50. The number of nitrogens with one attached hydrogen (secondary N) is 2. The fourth-order valence-electron chi connectivity index (χ4n) is 2.76. The van der Waals surface area contributed by atoms with E-state index in [1.54, 1.807) is 0 Å². The van der Waals surface area contributed by atoms with Crippen molar-refractivity contribution in [2.45, 2.75) is 45.5 Å². The van der Waals surface area contributed by atoms with E-state index >= 15 is 0 Å². The van der Waals surface area contributed by atoms with Gasteiger partial charge in [-0.05, 0) is 31.4 Å². The second-order valence-corrected chi connectivity index (χ2v) is 5.77. The quantitative estimate of drug-likeness (QED) is 0.834. The summed E-state index contributed by atoms with van der Waals surface area (Å²) in [5.41, 5.74) is 2.45. The molecule has 0 spiro atoms. The van der Waals surface area contributed by atoms with E-state index in [1.165, 1.54) is 11.1 Å². The maximum atomic E-state index is 12.3. The van der Waals surface area contributed by atoms with E-state index in [1.807, 2.05) is 26.0 Å². The minimum absolute atomic E-state index is 0.0675. The number of carbonyl (C=O) groups excluding carboxylic acids is 1. The average Bonchev–Trinajstić information content (AvgIpc) is 3.08. The van der Waals surface area contributed by atoms with Gasteiger partial charge < -0.3 is 19.9 Å². The first-order valence-electron chi connectivity index (χ1n) is 8.19. The number of hydrogen-bond donors (Lipinski definition) is 2. The van der Waals surface area contributed by atoms with Crippen molar-refractivity contribution in [2.75, 3.05) is 6.61 Å². The third kappa shape index (κ3) is 3.80. The number of rotatable bonds is 6. The van der Waals surface area contributed by atoms with Gasteiger partial charge in [0.15, 0.2) is 5.82 Å². The molecule has 128 valence electrons. The number of nitrogens with zero attached hydrogens (tertiary/aromatic N) is 2. The highest BCUT2D eigenvalue weighted by Crippen LogP contribution is 2.16. The molecule has 2 atom stereocenters. The summed E-state index contributed by atoms with van der Waals surface area (Å²) in [5, 5.41) is 9.97. The Hall–Kier alpha value is -2.25. The van der Waals surface area contributed by atoms with E-state index in [-0.39, 0.29) is 24.6 Å². The first kappa shape index (κ1) is 16.6. The third-order valence-electron chi connectivity index (χ3n) is 4.08. The number of carbonyl (C=O) groups is 1. The molecule has 2 aromatic rings. The van der Waals surface area contributed by atoms with Gasteiger partial charge in [0.1, 0.15) is 6.10 Å². The molecule has 7 heteroatoms. The van der Waals surface area contributed by atoms with Crippen LogP contribution in [0.15, 0.2) is 28.8 Å². The van der Waals surface area contributed by atoms with E-state index < -0.39 is 0 Å². The molecule has 0 fully saturated rings. The molecule has 1 aliphatic rings. The highest BCUT2D eigenvalue weighted by Gasteiger charge is 2.24. The fraction of sp³-hybridized carbons (Fsp3) is 0.471. The zero-order valence-electron chi connectivity index (χ0n) is 13.9. The van der Waals surface area contributed by atoms with Gasteiger partial charge in [0.2, 0.25) is 11.8 Å². The highest BCUT2D eigenvalue weighted by atomic mass is 16.5. The smallest absolute Gasteiger partial charge is 0.246 e. The lowest BCUT2D eigenvalue weighted by atomic mass is 9.95. The molecule has 0 aliphatic carbocycles. The number of amides is 1. The van der Waals surface area contributed by atoms with Crippen molar-refractivity contribution in [3.8, 4) is 0 Å². The second-order valence-electron chi connectivity index (χ2n) is 5.77. The van der Waals surface area contributed by atoms with Crippen molar-refractivity contribution >= 4 is 5.91 Å². The minimum atomic E-state index is -0.246. The molecule has 2 N–H and O–H groups in total. The highest BCUT2D eigenvalue weighted by molar-refractivity contribution is 5.82. The van der Waals surface area contributed by atoms with E-state index in [9.17, 15) is 4.79 Å². The van der Waals surface area contributed by atoms with Crippen molar-refractivity contribution in [3.05, 3.63) is 47.1 Å². The van der Waals surface area contributed by atoms with Crippen molar-refractivity contribution in [3.63, 3.8) is 0 Å². The Morgan fingerprint density at radius 3 is 3.04 bits per heavy atom. The average molecular weight is 330 g/mol. The fourth-order valence-corrected chi connectivity index (χ4v) is 2.76. The maximum absolute atomic E-state index is 12.3. The topological polar surface area (TPSA) is 89.3 Å². The molecular weight excluding hydrogens is 308 g/mol. The summed E-state index contributed by atoms with van der Waals surface area (Å²) < 4.78 is 10.6. The van der Waals surface area contributed by atoms with Crippen LogP contribution in [0.25, 0.3) is 0 Å². The van der Waals surface area contributed by atoms with Gasteiger partial charge in [-0.25, -0.2) is 0 Å². The number of ether oxygens (including phenoxy) is 1. The summed E-state index contributed by atoms with van der Waals surface area (Å²) in [4.78, 5) is 16.6. The summed E-state index contributed by atoms with van der Waals surface area (Å²) in [7, 11) is 0. The maximum Gasteiger partial charge on any atom is 0.246 e. The van der Waals surface area contributed by atoms with Gasteiger partial charge in [-0.3, -0.25) is 4.79 Å². The van der Waals surface area contributed by atoms with Crippen LogP contribution in [0.3, 0.4) is 0 Å². The molecule has 0 saturated carbocycles. The van der Waals surface area contributed by atoms with Crippen LogP contribution >= 0.6 is 0 Å². The lowest BCUT2D eigenvalue weighted by Gasteiger charge is -2.25. The monoisotopic (exact) mass is 330 g/mol. The van der Waals surface area contributed by atoms with Gasteiger partial charge in [-0.1, -0.05) is 29.4 Å². The Balaban J connectivity index is 1.53. The standard InChI is InChI=1S/C17H22N4O3/c1-3-23-11(2)16-20-15(24-21-16)10-19-17(22)14-8-12-6-4-5-7-13(12)9-18-14/h4-7,11,14,18H,3,8-10H2,1-2H3,(H,19,22)/t11-,14-/m1/s1. The number of hydrogen-bond acceptors (Lipinski definition) is 6. The van der Waals surface area contributed by atoms with Crippen LogP contribution in [0.4, 0.5) is 0 Å². The van der Waals surface area contributed by atoms with Crippen LogP contribution in [0.2, 0.25) is 0 Å². The molecule has 0 radical (unpaired) electrons. The zero-order chi connectivity index (χ0) is 16.9. The van der Waals surface area contributed by atoms with Crippen LogP contribution in [0, 0.1) is 0 Å². The minimum Gasteiger partial charge on any atom is -0.371 e. The zero-order valence-corrected chi connectivity index (χ0v) is 13.9. The van der Waals surface area contributed by atoms with Gasteiger partial charge in [-0.2, -0.15) is 4.98 Å². The number of aromatic nitrogens is 2. The van der Waals surface area contributed by atoms with Crippen LogP contribution < -0.4 is 10.6 Å². The molecule has 1 aromatic carbocycles. The summed E-state index contributed by atoms with van der Waals surface area (Å²) in [6.45, 7) is 5.26. The molecule has 0 saturated heterocycles. The molecule has 0 bridgehead atoms. The molecule has 24 heavy (non-hydrogen) atoms. The lowest BCUT2D eigenvalue weighted by Crippen LogP contribution is -2.47. The van der Waals surface area contributed by atoms with E-state index in [0.717, 1.165) is 0 Å². The first-order valence-corrected chi connectivity index (χ1v) is 8.19. The molecule has 3 rings (SSSR count). The van der Waals surface area contributed by atoms with Crippen LogP contribution in [-0.4, -0.2) is 28.7 Å². The summed E-state index contributed by atoms with van der Waals surface area (Å²) in [6.07, 6.45) is 0.457. The Morgan fingerprint density at radius 1 is 1.46 bits per heavy atom. The van der Waals surface area contributed by atoms with Crippen molar-refractivity contribution in [1.29, 1.82) is 0 Å². The molecule has 1 amide bonds. The Kier molecular flexibility index (Phi) is 5.22. The summed E-state index contributed by atoms with van der Waals surface area (Å²) in [5.74, 6) is 0.800. The largest absolute Gasteiger partial charge is 0.371 e. The van der Waals surface area contributed by atoms with Crippen LogP contribution in [-0.2, 0) is 29.0 Å². The van der Waals surface area contributed by atoms with Crippen molar-refractivity contribution in [2.24, 2.45) is 0 Å². The Morgan fingerprint density at radius 2 is 2.25 bits per heavy atom. The van der Waals surface area contributed by atoms with Crippen LogP contribution in [0.1, 0.15) is 42.8 Å². The number of benzene rings is 1. The van der Waals surface area contributed by atoms with Gasteiger partial charge in [0, 0.05) is 13.2 Å². The molecule has 0 unspecified atom stereocenters. The molecular formula is C17H22N4O3. The third-order valence-corrected chi connectivity index (χ3v) is 4.08. The SMILES string of the molecule is CCO[C@H](C)c1noc(CNC(=O)[C@H]2Cc3ccccc3CN2)n1. The predicted molar refractivity (Wildman–Crippen MR) is 87.0 cm³/mol. The molecule has 2 heterocycles. The number of fused-ring (bicyclic) bond motifs is 1. The van der Waals surface area contributed by atoms with Gasteiger partial charge >= 0.3 is 0 Å². The van der Waals surface area contributed by atoms with E-state index in [0.29, 0.717) is 31.3 Å². The van der Waals surface area contributed by atoms with E-state index in [4.69, 9.17) is 9.26 Å². The Labute approximate surface area is 140 Å². The second kappa shape index (κ2) is 7.55. The van der Waals surface area contributed by atoms with E-state index in [2.05, 4.69) is 32.9 Å². The van der Waals surface area contributed by atoms with Crippen LogP contribution in [0.5, 0.6) is 0 Å². The first-order chi connectivity index (χ1) is 11.7. The van der Waals surface area contributed by atoms with Gasteiger partial charge in [0.05, 0.1) is 12.6 Å². The molecule has 1 aromatic heterocycles. The van der Waals surface area contributed by atoms with Gasteiger partial charge in [-0.15, -0.1) is 0 Å².